The fourth-order valence-electron chi connectivity index (χ4n) is 2.22. The number of ether oxygens (including phenoxy) is 1. The van der Waals surface area contributed by atoms with Gasteiger partial charge in [0.15, 0.2) is 5.78 Å². The summed E-state index contributed by atoms with van der Waals surface area (Å²) in [5, 5.41) is 0. The highest BCUT2D eigenvalue weighted by molar-refractivity contribution is 5.97. The van der Waals surface area contributed by atoms with E-state index in [2.05, 4.69) is 6.07 Å². The number of hydrogen-bond donors (Lipinski definition) is 0. The van der Waals surface area contributed by atoms with E-state index in [0.717, 1.165) is 36.1 Å². The summed E-state index contributed by atoms with van der Waals surface area (Å²) in [5.74, 6) is 1.12. The molecule has 2 nitrogen and oxygen atoms in total. The van der Waals surface area contributed by atoms with Crippen molar-refractivity contribution in [1.82, 2.24) is 0 Å². The minimum Gasteiger partial charge on any atom is -0.491 e. The Hall–Kier alpha value is -1.57. The molecule has 0 saturated heterocycles. The molecule has 0 heterocycles. The zero-order valence-electron chi connectivity index (χ0n) is 11.1. The normalized spacial score (nSPS) is 16.4. The van der Waals surface area contributed by atoms with Gasteiger partial charge in [0.05, 0.1) is 6.10 Å². The monoisotopic (exact) mass is 244 g/mol. The second kappa shape index (κ2) is 5.85. The maximum absolute atomic E-state index is 11.6. The van der Waals surface area contributed by atoms with Gasteiger partial charge in [-0.15, -0.1) is 0 Å². The fourth-order valence-corrected chi connectivity index (χ4v) is 2.22. The van der Waals surface area contributed by atoms with Gasteiger partial charge in [-0.2, -0.15) is 0 Å². The molecule has 96 valence electrons. The van der Waals surface area contributed by atoms with E-state index in [1.54, 1.807) is 0 Å². The molecule has 1 aromatic carbocycles. The van der Waals surface area contributed by atoms with Gasteiger partial charge >= 0.3 is 0 Å². The van der Waals surface area contributed by atoms with Gasteiger partial charge in [0, 0.05) is 6.42 Å². The van der Waals surface area contributed by atoms with Gasteiger partial charge in [0.25, 0.3) is 0 Å². The Balaban J connectivity index is 2.24. The summed E-state index contributed by atoms with van der Waals surface area (Å²) in [6, 6.07) is 8.04. The standard InChI is InChI=1S/C16H20O2/c1-12(2)18-16-9-5-7-14(11-16)13-6-3-4-8-15(17)10-13/h5,7,9-12H,3-4,6,8H2,1-2H3. The van der Waals surface area contributed by atoms with Crippen molar-refractivity contribution in [3.05, 3.63) is 35.9 Å². The highest BCUT2D eigenvalue weighted by Crippen LogP contribution is 2.27. The van der Waals surface area contributed by atoms with Crippen molar-refractivity contribution in [1.29, 1.82) is 0 Å². The van der Waals surface area contributed by atoms with Crippen molar-refractivity contribution in [3.8, 4) is 5.75 Å². The van der Waals surface area contributed by atoms with Gasteiger partial charge in [-0.3, -0.25) is 4.79 Å². The van der Waals surface area contributed by atoms with Crippen molar-refractivity contribution < 1.29 is 9.53 Å². The van der Waals surface area contributed by atoms with Gasteiger partial charge in [0.2, 0.25) is 0 Å². The molecular formula is C16H20O2. The molecule has 18 heavy (non-hydrogen) atoms. The highest BCUT2D eigenvalue weighted by atomic mass is 16.5. The molecule has 0 radical (unpaired) electrons. The molecule has 1 aliphatic carbocycles. The third kappa shape index (κ3) is 3.46. The van der Waals surface area contributed by atoms with Crippen LogP contribution in [0.5, 0.6) is 5.75 Å². The predicted octanol–water partition coefficient (Wildman–Crippen LogP) is 4.00. The minimum atomic E-state index is 0.171. The van der Waals surface area contributed by atoms with Crippen molar-refractivity contribution in [2.75, 3.05) is 0 Å². The molecule has 0 bridgehead atoms. The van der Waals surface area contributed by atoms with E-state index in [1.165, 1.54) is 0 Å². The third-order valence-corrected chi connectivity index (χ3v) is 3.03. The van der Waals surface area contributed by atoms with Gasteiger partial charge in [-0.25, -0.2) is 0 Å². The van der Waals surface area contributed by atoms with E-state index in [0.29, 0.717) is 6.42 Å². The molecule has 1 aliphatic rings. The van der Waals surface area contributed by atoms with Crippen molar-refractivity contribution in [3.63, 3.8) is 0 Å². The molecule has 0 spiro atoms. The van der Waals surface area contributed by atoms with Gasteiger partial charge < -0.3 is 4.74 Å². The van der Waals surface area contributed by atoms with Crippen LogP contribution in [-0.4, -0.2) is 11.9 Å². The molecule has 1 aromatic rings. The Kier molecular flexibility index (Phi) is 4.19. The Morgan fingerprint density at radius 1 is 1.17 bits per heavy atom. The van der Waals surface area contributed by atoms with Gasteiger partial charge in [0.1, 0.15) is 5.75 Å². The first kappa shape index (κ1) is 12.9. The minimum absolute atomic E-state index is 0.171. The number of carbonyl (C=O) groups excluding carboxylic acids is 1. The lowest BCUT2D eigenvalue weighted by atomic mass is 10.0. The average Bonchev–Trinajstić information content (AvgIpc) is 2.53. The summed E-state index contributed by atoms with van der Waals surface area (Å²) in [5.41, 5.74) is 2.26. The lowest BCUT2D eigenvalue weighted by Crippen LogP contribution is -2.05. The number of ketones is 1. The summed E-state index contributed by atoms with van der Waals surface area (Å²) in [4.78, 5) is 11.6. The SMILES string of the molecule is CC(C)Oc1cccc(C2=CC(=O)CCCC2)c1. The molecule has 0 aliphatic heterocycles. The van der Waals surface area contributed by atoms with E-state index in [-0.39, 0.29) is 11.9 Å². The van der Waals surface area contributed by atoms with Gasteiger partial charge in [-0.1, -0.05) is 12.1 Å². The van der Waals surface area contributed by atoms with Crippen LogP contribution in [-0.2, 0) is 4.79 Å². The fraction of sp³-hybridized carbons (Fsp3) is 0.438. The quantitative estimate of drug-likeness (QED) is 0.803. The first-order valence-electron chi connectivity index (χ1n) is 6.65. The smallest absolute Gasteiger partial charge is 0.155 e. The van der Waals surface area contributed by atoms with Crippen LogP contribution in [0.3, 0.4) is 0 Å². The molecule has 0 aromatic heterocycles. The molecule has 0 atom stereocenters. The van der Waals surface area contributed by atoms with Crippen LogP contribution in [0.15, 0.2) is 30.3 Å². The Bertz CT molecular complexity index is 458. The van der Waals surface area contributed by atoms with E-state index in [9.17, 15) is 4.79 Å². The molecule has 0 fully saturated rings. The maximum atomic E-state index is 11.6. The Labute approximate surface area is 109 Å². The van der Waals surface area contributed by atoms with Crippen LogP contribution in [0.2, 0.25) is 0 Å². The number of hydrogen-bond acceptors (Lipinski definition) is 2. The summed E-state index contributed by atoms with van der Waals surface area (Å²) in [6.07, 6.45) is 5.74. The zero-order chi connectivity index (χ0) is 13.0. The van der Waals surface area contributed by atoms with E-state index >= 15 is 0 Å². The van der Waals surface area contributed by atoms with Crippen molar-refractivity contribution in [2.24, 2.45) is 0 Å². The van der Waals surface area contributed by atoms with Crippen LogP contribution >= 0.6 is 0 Å². The van der Waals surface area contributed by atoms with Crippen LogP contribution in [0.25, 0.3) is 5.57 Å². The van der Waals surface area contributed by atoms with E-state index < -0.39 is 0 Å². The molecular weight excluding hydrogens is 224 g/mol. The first-order valence-corrected chi connectivity index (χ1v) is 6.65. The third-order valence-electron chi connectivity index (χ3n) is 3.03. The van der Waals surface area contributed by atoms with Crippen LogP contribution in [0.4, 0.5) is 0 Å². The summed E-state index contributed by atoms with van der Waals surface area (Å²) in [6.45, 7) is 4.03. The Morgan fingerprint density at radius 3 is 2.72 bits per heavy atom. The number of carbonyl (C=O) groups is 1. The molecule has 0 N–H and O–H groups in total. The van der Waals surface area contributed by atoms with Crippen molar-refractivity contribution in [2.45, 2.75) is 45.6 Å². The molecule has 0 amide bonds. The molecule has 0 unspecified atom stereocenters. The largest absolute Gasteiger partial charge is 0.491 e. The first-order chi connectivity index (χ1) is 8.65. The second-order valence-electron chi connectivity index (χ2n) is 5.04. The van der Waals surface area contributed by atoms with Crippen molar-refractivity contribution >= 4 is 11.4 Å². The average molecular weight is 244 g/mol. The zero-order valence-corrected chi connectivity index (χ0v) is 11.1. The predicted molar refractivity (Wildman–Crippen MR) is 73.7 cm³/mol. The lowest BCUT2D eigenvalue weighted by Gasteiger charge is -2.12. The number of rotatable bonds is 3. The molecule has 2 heteroatoms. The highest BCUT2D eigenvalue weighted by Gasteiger charge is 2.10. The van der Waals surface area contributed by atoms with E-state index in [1.807, 2.05) is 38.1 Å². The summed E-state index contributed by atoms with van der Waals surface area (Å²) in [7, 11) is 0. The van der Waals surface area contributed by atoms with Gasteiger partial charge in [-0.05, 0) is 62.5 Å². The Morgan fingerprint density at radius 2 is 1.94 bits per heavy atom. The summed E-state index contributed by atoms with van der Waals surface area (Å²) >= 11 is 0. The molecule has 0 saturated carbocycles. The van der Waals surface area contributed by atoms with Crippen LogP contribution < -0.4 is 4.74 Å². The second-order valence-corrected chi connectivity index (χ2v) is 5.04. The van der Waals surface area contributed by atoms with E-state index in [4.69, 9.17) is 4.74 Å². The number of benzene rings is 1. The number of allylic oxidation sites excluding steroid dienone is 2. The molecule has 2 rings (SSSR count). The van der Waals surface area contributed by atoms with Crippen LogP contribution in [0.1, 0.15) is 45.1 Å². The lowest BCUT2D eigenvalue weighted by molar-refractivity contribution is -0.114. The summed E-state index contributed by atoms with van der Waals surface area (Å²) < 4.78 is 5.69. The topological polar surface area (TPSA) is 26.3 Å². The van der Waals surface area contributed by atoms with Crippen LogP contribution in [0, 0.1) is 0 Å². The maximum Gasteiger partial charge on any atom is 0.155 e.